The van der Waals surface area contributed by atoms with Crippen molar-refractivity contribution in [3.63, 3.8) is 0 Å². The Morgan fingerprint density at radius 2 is 1.96 bits per heavy atom. The standard InChI is InChI=1S/C15H20ClFN6/c1-12-18-19-20-23(12)6-2-5-21-7-9-22(10-8-21)15-4-3-13(17)11-14(15)16/h3-4,11H,2,5-10H2,1H3. The van der Waals surface area contributed by atoms with Gasteiger partial charge in [-0.25, -0.2) is 9.07 Å². The van der Waals surface area contributed by atoms with Crippen LogP contribution in [0.3, 0.4) is 0 Å². The van der Waals surface area contributed by atoms with Gasteiger partial charge in [0, 0.05) is 39.3 Å². The molecular weight excluding hydrogens is 319 g/mol. The molecule has 0 unspecified atom stereocenters. The predicted octanol–water partition coefficient (Wildman–Crippen LogP) is 1.99. The number of benzene rings is 1. The lowest BCUT2D eigenvalue weighted by molar-refractivity contribution is 0.248. The molecule has 0 atom stereocenters. The van der Waals surface area contributed by atoms with E-state index in [0.29, 0.717) is 5.02 Å². The molecule has 6 nitrogen and oxygen atoms in total. The molecule has 0 spiro atoms. The fraction of sp³-hybridized carbons (Fsp3) is 0.533. The fourth-order valence-corrected chi connectivity index (χ4v) is 3.14. The molecule has 23 heavy (non-hydrogen) atoms. The Morgan fingerprint density at radius 3 is 2.61 bits per heavy atom. The summed E-state index contributed by atoms with van der Waals surface area (Å²) < 4.78 is 15.0. The van der Waals surface area contributed by atoms with E-state index in [2.05, 4.69) is 25.3 Å². The van der Waals surface area contributed by atoms with E-state index >= 15 is 0 Å². The van der Waals surface area contributed by atoms with Gasteiger partial charge in [0.05, 0.1) is 10.7 Å². The monoisotopic (exact) mass is 338 g/mol. The summed E-state index contributed by atoms with van der Waals surface area (Å²) in [6.45, 7) is 7.51. The van der Waals surface area contributed by atoms with E-state index in [9.17, 15) is 4.39 Å². The normalized spacial score (nSPS) is 16.0. The first-order chi connectivity index (χ1) is 11.1. The average molecular weight is 339 g/mol. The quantitative estimate of drug-likeness (QED) is 0.834. The van der Waals surface area contributed by atoms with E-state index in [-0.39, 0.29) is 5.82 Å². The molecule has 0 radical (unpaired) electrons. The molecule has 2 heterocycles. The van der Waals surface area contributed by atoms with Crippen LogP contribution in [0.25, 0.3) is 0 Å². The minimum absolute atomic E-state index is 0.296. The van der Waals surface area contributed by atoms with Crippen molar-refractivity contribution in [2.24, 2.45) is 0 Å². The molecule has 1 aliphatic rings. The largest absolute Gasteiger partial charge is 0.368 e. The lowest BCUT2D eigenvalue weighted by Gasteiger charge is -2.36. The first kappa shape index (κ1) is 16.1. The molecule has 1 aliphatic heterocycles. The number of rotatable bonds is 5. The number of halogens is 2. The maximum atomic E-state index is 13.1. The molecule has 0 amide bonds. The summed E-state index contributed by atoms with van der Waals surface area (Å²) in [6, 6.07) is 4.59. The van der Waals surface area contributed by atoms with Crippen molar-refractivity contribution in [1.29, 1.82) is 0 Å². The van der Waals surface area contributed by atoms with Gasteiger partial charge < -0.3 is 4.90 Å². The lowest BCUT2D eigenvalue weighted by atomic mass is 10.2. The zero-order valence-electron chi connectivity index (χ0n) is 13.1. The summed E-state index contributed by atoms with van der Waals surface area (Å²) >= 11 is 6.14. The van der Waals surface area contributed by atoms with E-state index in [4.69, 9.17) is 11.6 Å². The number of aryl methyl sites for hydroxylation is 2. The van der Waals surface area contributed by atoms with Crippen LogP contribution in [0.1, 0.15) is 12.2 Å². The Balaban J connectivity index is 1.46. The molecule has 124 valence electrons. The van der Waals surface area contributed by atoms with Crippen molar-refractivity contribution in [2.45, 2.75) is 19.9 Å². The zero-order valence-corrected chi connectivity index (χ0v) is 13.9. The van der Waals surface area contributed by atoms with E-state index in [1.54, 1.807) is 6.07 Å². The van der Waals surface area contributed by atoms with Crippen molar-refractivity contribution in [2.75, 3.05) is 37.6 Å². The van der Waals surface area contributed by atoms with E-state index in [1.165, 1.54) is 12.1 Å². The molecular formula is C15H20ClFN6. The smallest absolute Gasteiger partial charge is 0.148 e. The van der Waals surface area contributed by atoms with Gasteiger partial charge in [-0.2, -0.15) is 0 Å². The highest BCUT2D eigenvalue weighted by molar-refractivity contribution is 6.33. The summed E-state index contributed by atoms with van der Waals surface area (Å²) in [5.41, 5.74) is 0.914. The Kier molecular flexibility index (Phi) is 5.07. The molecule has 8 heteroatoms. The molecule has 0 bridgehead atoms. The van der Waals surface area contributed by atoms with Crippen LogP contribution < -0.4 is 4.90 Å². The molecule has 0 aliphatic carbocycles. The number of hydrogen-bond donors (Lipinski definition) is 0. The average Bonchev–Trinajstić information content (AvgIpc) is 2.94. The van der Waals surface area contributed by atoms with Crippen molar-refractivity contribution >= 4 is 17.3 Å². The van der Waals surface area contributed by atoms with Crippen molar-refractivity contribution < 1.29 is 4.39 Å². The van der Waals surface area contributed by atoms with Crippen LogP contribution in [0, 0.1) is 12.7 Å². The van der Waals surface area contributed by atoms with Crippen LogP contribution in [-0.2, 0) is 6.54 Å². The van der Waals surface area contributed by atoms with Crippen molar-refractivity contribution in [3.8, 4) is 0 Å². The van der Waals surface area contributed by atoms with Crippen LogP contribution in [-0.4, -0.2) is 57.8 Å². The Hall–Kier alpha value is -1.73. The van der Waals surface area contributed by atoms with Crippen LogP contribution in [0.15, 0.2) is 18.2 Å². The van der Waals surface area contributed by atoms with Gasteiger partial charge in [0.25, 0.3) is 0 Å². The highest BCUT2D eigenvalue weighted by Crippen LogP contribution is 2.27. The summed E-state index contributed by atoms with van der Waals surface area (Å²) in [5.74, 6) is 0.552. The van der Waals surface area contributed by atoms with Gasteiger partial charge in [-0.1, -0.05) is 11.6 Å². The number of anilines is 1. The molecule has 3 rings (SSSR count). The molecule has 0 saturated carbocycles. The number of piperazine rings is 1. The third kappa shape index (κ3) is 3.97. The molecule has 2 aromatic rings. The third-order valence-corrected chi connectivity index (χ3v) is 4.48. The van der Waals surface area contributed by atoms with Crippen molar-refractivity contribution in [3.05, 3.63) is 34.9 Å². The second-order valence-corrected chi connectivity index (χ2v) is 6.13. The summed E-state index contributed by atoms with van der Waals surface area (Å²) in [6.07, 6.45) is 1.02. The first-order valence-corrected chi connectivity index (χ1v) is 8.16. The maximum absolute atomic E-state index is 13.1. The third-order valence-electron chi connectivity index (χ3n) is 4.18. The summed E-state index contributed by atoms with van der Waals surface area (Å²) in [7, 11) is 0. The van der Waals surface area contributed by atoms with E-state index in [0.717, 1.165) is 57.2 Å². The van der Waals surface area contributed by atoms with Crippen molar-refractivity contribution in [1.82, 2.24) is 25.1 Å². The van der Waals surface area contributed by atoms with Gasteiger partial charge in [0.2, 0.25) is 0 Å². The zero-order chi connectivity index (χ0) is 16.2. The van der Waals surface area contributed by atoms with E-state index < -0.39 is 0 Å². The molecule has 1 aromatic heterocycles. The molecule has 1 fully saturated rings. The number of tetrazole rings is 1. The summed E-state index contributed by atoms with van der Waals surface area (Å²) in [4.78, 5) is 4.64. The minimum Gasteiger partial charge on any atom is -0.368 e. The second-order valence-electron chi connectivity index (χ2n) is 5.73. The molecule has 1 aromatic carbocycles. The fourth-order valence-electron chi connectivity index (χ4n) is 2.85. The molecule has 1 saturated heterocycles. The van der Waals surface area contributed by atoms with Crippen LogP contribution in [0.4, 0.5) is 10.1 Å². The number of nitrogens with zero attached hydrogens (tertiary/aromatic N) is 6. The van der Waals surface area contributed by atoms with Crippen LogP contribution >= 0.6 is 11.6 Å². The Morgan fingerprint density at radius 1 is 1.17 bits per heavy atom. The van der Waals surface area contributed by atoms with Gasteiger partial charge in [0.1, 0.15) is 11.6 Å². The van der Waals surface area contributed by atoms with Gasteiger partial charge in [-0.3, -0.25) is 4.90 Å². The van der Waals surface area contributed by atoms with Gasteiger partial charge in [-0.05, 0) is 42.0 Å². The lowest BCUT2D eigenvalue weighted by Crippen LogP contribution is -2.46. The highest BCUT2D eigenvalue weighted by Gasteiger charge is 2.18. The maximum Gasteiger partial charge on any atom is 0.148 e. The number of hydrogen-bond acceptors (Lipinski definition) is 5. The predicted molar refractivity (Wildman–Crippen MR) is 87.2 cm³/mol. The topological polar surface area (TPSA) is 50.1 Å². The highest BCUT2D eigenvalue weighted by atomic mass is 35.5. The Bertz CT molecular complexity index is 653. The van der Waals surface area contributed by atoms with E-state index in [1.807, 2.05) is 11.6 Å². The van der Waals surface area contributed by atoms with Gasteiger partial charge in [-0.15, -0.1) is 5.10 Å². The van der Waals surface area contributed by atoms with Crippen LogP contribution in [0.5, 0.6) is 0 Å². The number of aromatic nitrogens is 4. The van der Waals surface area contributed by atoms with Gasteiger partial charge in [0.15, 0.2) is 0 Å². The first-order valence-electron chi connectivity index (χ1n) is 7.78. The SMILES string of the molecule is Cc1nnnn1CCCN1CCN(c2ccc(F)cc2Cl)CC1. The molecule has 0 N–H and O–H groups in total. The van der Waals surface area contributed by atoms with Crippen LogP contribution in [0.2, 0.25) is 5.02 Å². The summed E-state index contributed by atoms with van der Waals surface area (Å²) in [5, 5.41) is 12.0. The minimum atomic E-state index is -0.296. The second kappa shape index (κ2) is 7.23. The Labute approximate surface area is 139 Å². The van der Waals surface area contributed by atoms with Gasteiger partial charge >= 0.3 is 0 Å².